The number of aliphatic hydroxyl groups is 1. The minimum Gasteiger partial charge on any atom is -0.458 e. The number of ether oxygens (including phenoxy) is 1. The molecule has 3 saturated carbocycles. The zero-order valence-electron chi connectivity index (χ0n) is 13.0. The van der Waals surface area contributed by atoms with E-state index in [0.717, 1.165) is 24.8 Å². The molecular formula is C17H26O3. The summed E-state index contributed by atoms with van der Waals surface area (Å²) in [6.07, 6.45) is 2.51. The molecule has 0 spiro atoms. The van der Waals surface area contributed by atoms with Gasteiger partial charge in [0, 0.05) is 6.92 Å². The van der Waals surface area contributed by atoms with Gasteiger partial charge in [0.25, 0.3) is 0 Å². The van der Waals surface area contributed by atoms with Crippen LogP contribution in [-0.2, 0) is 9.53 Å². The zero-order chi connectivity index (χ0) is 14.9. The molecule has 3 aliphatic carbocycles. The molecule has 0 bridgehead atoms. The maximum Gasteiger partial charge on any atom is 0.303 e. The van der Waals surface area contributed by atoms with Gasteiger partial charge in [0.2, 0.25) is 0 Å². The van der Waals surface area contributed by atoms with Gasteiger partial charge in [-0.2, -0.15) is 0 Å². The van der Waals surface area contributed by atoms with E-state index in [-0.39, 0.29) is 23.4 Å². The van der Waals surface area contributed by atoms with Crippen molar-refractivity contribution in [2.45, 2.75) is 58.7 Å². The zero-order valence-corrected chi connectivity index (χ0v) is 13.0. The first kappa shape index (κ1) is 14.1. The van der Waals surface area contributed by atoms with Gasteiger partial charge >= 0.3 is 5.97 Å². The molecule has 3 rings (SSSR count). The maximum absolute atomic E-state index is 11.4. The van der Waals surface area contributed by atoms with Gasteiger partial charge in [0.15, 0.2) is 0 Å². The number of rotatable bonds is 1. The van der Waals surface area contributed by atoms with Crippen LogP contribution in [0.4, 0.5) is 0 Å². The smallest absolute Gasteiger partial charge is 0.303 e. The lowest BCUT2D eigenvalue weighted by atomic mass is 9.77. The Morgan fingerprint density at radius 1 is 1.35 bits per heavy atom. The molecule has 6 atom stereocenters. The third-order valence-electron chi connectivity index (χ3n) is 6.31. The quantitative estimate of drug-likeness (QED) is 0.592. The summed E-state index contributed by atoms with van der Waals surface area (Å²) in [7, 11) is 0. The van der Waals surface area contributed by atoms with Gasteiger partial charge in [0.1, 0.15) is 6.10 Å². The van der Waals surface area contributed by atoms with E-state index < -0.39 is 5.60 Å². The van der Waals surface area contributed by atoms with Crippen molar-refractivity contribution >= 4 is 5.97 Å². The van der Waals surface area contributed by atoms with E-state index in [1.54, 1.807) is 0 Å². The molecule has 20 heavy (non-hydrogen) atoms. The van der Waals surface area contributed by atoms with E-state index in [1.807, 2.05) is 6.92 Å². The molecule has 0 aromatic rings. The SMILES string of the molecule is C=C1C(OC(C)=O)CC2C(C3C1CCC3(C)O)C2(C)C. The lowest BCUT2D eigenvalue weighted by Crippen LogP contribution is -2.36. The summed E-state index contributed by atoms with van der Waals surface area (Å²) in [6, 6.07) is 0. The third kappa shape index (κ3) is 1.86. The van der Waals surface area contributed by atoms with Gasteiger partial charge in [-0.05, 0) is 60.8 Å². The van der Waals surface area contributed by atoms with Crippen LogP contribution >= 0.6 is 0 Å². The monoisotopic (exact) mass is 278 g/mol. The standard InChI is InChI=1S/C17H26O3/c1-9-11-6-7-17(5,19)14(11)15-12(16(15,3)4)8-13(9)20-10(2)18/h11-15,19H,1,6-8H2,2-5H3. The molecule has 3 heteroatoms. The lowest BCUT2D eigenvalue weighted by Gasteiger charge is -2.32. The molecule has 0 amide bonds. The Labute approximate surface area is 121 Å². The van der Waals surface area contributed by atoms with Crippen LogP contribution < -0.4 is 0 Å². The first-order valence-electron chi connectivity index (χ1n) is 7.74. The maximum atomic E-state index is 11.4. The highest BCUT2D eigenvalue weighted by Crippen LogP contribution is 2.71. The molecule has 0 heterocycles. The fourth-order valence-corrected chi connectivity index (χ4v) is 5.18. The average molecular weight is 278 g/mol. The Bertz CT molecular complexity index is 463. The van der Waals surface area contributed by atoms with Gasteiger partial charge < -0.3 is 9.84 Å². The van der Waals surface area contributed by atoms with E-state index in [1.165, 1.54) is 6.92 Å². The highest BCUT2D eigenvalue weighted by Gasteiger charge is 2.68. The number of esters is 1. The summed E-state index contributed by atoms with van der Waals surface area (Å²) in [5, 5.41) is 10.8. The molecule has 3 fully saturated rings. The van der Waals surface area contributed by atoms with Crippen LogP contribution in [0, 0.1) is 29.1 Å². The van der Waals surface area contributed by atoms with E-state index in [9.17, 15) is 9.90 Å². The predicted octanol–water partition coefficient (Wildman–Crippen LogP) is 2.93. The summed E-state index contributed by atoms with van der Waals surface area (Å²) >= 11 is 0. The summed E-state index contributed by atoms with van der Waals surface area (Å²) in [5.41, 5.74) is 0.678. The minimum absolute atomic E-state index is 0.161. The van der Waals surface area contributed by atoms with Crippen LogP contribution in [0.5, 0.6) is 0 Å². The van der Waals surface area contributed by atoms with Crippen LogP contribution in [0.3, 0.4) is 0 Å². The van der Waals surface area contributed by atoms with Gasteiger partial charge in [-0.1, -0.05) is 20.4 Å². The van der Waals surface area contributed by atoms with Crippen molar-refractivity contribution < 1.29 is 14.6 Å². The number of carbonyl (C=O) groups is 1. The second-order valence-electron chi connectivity index (χ2n) is 7.89. The van der Waals surface area contributed by atoms with E-state index in [4.69, 9.17) is 4.74 Å². The number of carbonyl (C=O) groups excluding carboxylic acids is 1. The van der Waals surface area contributed by atoms with Crippen molar-refractivity contribution in [1.29, 1.82) is 0 Å². The Kier molecular flexibility index (Phi) is 2.89. The summed E-state index contributed by atoms with van der Waals surface area (Å²) in [4.78, 5) is 11.4. The van der Waals surface area contributed by atoms with Crippen molar-refractivity contribution in [1.82, 2.24) is 0 Å². The molecule has 0 radical (unpaired) electrons. The Morgan fingerprint density at radius 3 is 2.60 bits per heavy atom. The Morgan fingerprint density at radius 2 is 2.00 bits per heavy atom. The van der Waals surface area contributed by atoms with Crippen molar-refractivity contribution in [3.05, 3.63) is 12.2 Å². The topological polar surface area (TPSA) is 46.5 Å². The fraction of sp³-hybridized carbons (Fsp3) is 0.824. The summed E-state index contributed by atoms with van der Waals surface area (Å²) in [6.45, 7) is 12.2. The van der Waals surface area contributed by atoms with Gasteiger partial charge in [-0.15, -0.1) is 0 Å². The molecule has 0 aromatic carbocycles. The molecule has 6 unspecified atom stereocenters. The van der Waals surface area contributed by atoms with Crippen molar-refractivity contribution in [3.8, 4) is 0 Å². The molecule has 112 valence electrons. The summed E-state index contributed by atoms with van der Waals surface area (Å²) < 4.78 is 5.53. The molecule has 0 saturated heterocycles. The van der Waals surface area contributed by atoms with Gasteiger partial charge in [-0.25, -0.2) is 0 Å². The first-order chi connectivity index (χ1) is 9.16. The highest BCUT2D eigenvalue weighted by molar-refractivity contribution is 5.66. The normalized spacial score (nSPS) is 49.0. The molecule has 3 aliphatic rings. The van der Waals surface area contributed by atoms with E-state index >= 15 is 0 Å². The van der Waals surface area contributed by atoms with E-state index in [0.29, 0.717) is 17.8 Å². The Hall–Kier alpha value is -0.830. The highest BCUT2D eigenvalue weighted by atomic mass is 16.5. The number of hydrogen-bond acceptors (Lipinski definition) is 3. The number of fused-ring (bicyclic) bond motifs is 3. The lowest BCUT2D eigenvalue weighted by molar-refractivity contribution is -0.145. The van der Waals surface area contributed by atoms with Gasteiger partial charge in [0.05, 0.1) is 5.60 Å². The second kappa shape index (κ2) is 4.09. The molecule has 1 N–H and O–H groups in total. The largest absolute Gasteiger partial charge is 0.458 e. The van der Waals surface area contributed by atoms with Crippen LogP contribution in [0.2, 0.25) is 0 Å². The predicted molar refractivity (Wildman–Crippen MR) is 76.9 cm³/mol. The van der Waals surface area contributed by atoms with Crippen molar-refractivity contribution in [3.63, 3.8) is 0 Å². The van der Waals surface area contributed by atoms with Crippen LogP contribution in [0.1, 0.15) is 47.0 Å². The average Bonchev–Trinajstić information content (AvgIpc) is 2.71. The number of hydrogen-bond donors (Lipinski definition) is 1. The Balaban J connectivity index is 1.95. The molecule has 3 nitrogen and oxygen atoms in total. The molecular weight excluding hydrogens is 252 g/mol. The van der Waals surface area contributed by atoms with Crippen LogP contribution in [0.15, 0.2) is 12.2 Å². The van der Waals surface area contributed by atoms with Crippen molar-refractivity contribution in [2.24, 2.45) is 29.1 Å². The van der Waals surface area contributed by atoms with E-state index in [2.05, 4.69) is 20.4 Å². The van der Waals surface area contributed by atoms with Crippen LogP contribution in [-0.4, -0.2) is 22.8 Å². The van der Waals surface area contributed by atoms with Crippen LogP contribution in [0.25, 0.3) is 0 Å². The minimum atomic E-state index is -0.602. The molecule has 0 aromatic heterocycles. The summed E-state index contributed by atoms with van der Waals surface area (Å²) in [5.74, 6) is 1.40. The fourth-order valence-electron chi connectivity index (χ4n) is 5.18. The third-order valence-corrected chi connectivity index (χ3v) is 6.31. The molecule has 0 aliphatic heterocycles. The van der Waals surface area contributed by atoms with Gasteiger partial charge in [-0.3, -0.25) is 4.79 Å². The second-order valence-corrected chi connectivity index (χ2v) is 7.89. The first-order valence-corrected chi connectivity index (χ1v) is 7.74. The van der Waals surface area contributed by atoms with Crippen molar-refractivity contribution in [2.75, 3.05) is 0 Å².